The van der Waals surface area contributed by atoms with Crippen LogP contribution in [0.4, 0.5) is 0 Å². The molecule has 0 aliphatic carbocycles. The van der Waals surface area contributed by atoms with Crippen LogP contribution in [-0.2, 0) is 23.7 Å². The highest BCUT2D eigenvalue weighted by Crippen LogP contribution is 2.30. The van der Waals surface area contributed by atoms with Crippen LogP contribution in [0, 0.1) is 0 Å². The van der Waals surface area contributed by atoms with Crippen molar-refractivity contribution in [1.82, 2.24) is 5.32 Å². The first kappa shape index (κ1) is 66.3. The predicted octanol–water partition coefficient (Wildman–Crippen LogP) is 9.44. The largest absolute Gasteiger partial charge is 0.394 e. The number of unbranched alkanes of at least 4 members (excludes halogenated alkanes) is 29. The average molecular weight is 1030 g/mol. The van der Waals surface area contributed by atoms with Crippen LogP contribution in [0.25, 0.3) is 0 Å². The van der Waals surface area contributed by atoms with Crippen molar-refractivity contribution >= 4 is 5.91 Å². The third kappa shape index (κ3) is 30.1. The minimum absolute atomic E-state index is 0.257. The molecule has 14 heteroatoms. The topological polar surface area (TPSA) is 228 Å². The number of amides is 1. The number of carbonyl (C=O) groups excluding carboxylic acids is 1. The fourth-order valence-electron chi connectivity index (χ4n) is 9.54. The van der Waals surface area contributed by atoms with Crippen molar-refractivity contribution in [1.29, 1.82) is 0 Å². The van der Waals surface area contributed by atoms with Gasteiger partial charge in [-0.1, -0.05) is 204 Å². The van der Waals surface area contributed by atoms with E-state index in [1.807, 2.05) is 6.08 Å². The fraction of sp³-hybridized carbons (Fsp3) is 0.879. The number of aliphatic hydroxyl groups excluding tert-OH is 8. The fourth-order valence-corrected chi connectivity index (χ4v) is 9.54. The second-order valence-electron chi connectivity index (χ2n) is 20.8. The first-order valence-corrected chi connectivity index (χ1v) is 29.2. The number of ether oxygens (including phenoxy) is 4. The highest BCUT2D eigenvalue weighted by atomic mass is 16.7. The molecule has 12 atom stereocenters. The van der Waals surface area contributed by atoms with Gasteiger partial charge in [0.05, 0.1) is 32.0 Å². The molecule has 2 aliphatic rings. The summed E-state index contributed by atoms with van der Waals surface area (Å²) in [6.45, 7) is 2.78. The minimum Gasteiger partial charge on any atom is -0.394 e. The quantitative estimate of drug-likeness (QED) is 0.0205. The summed E-state index contributed by atoms with van der Waals surface area (Å²) < 4.78 is 22.7. The summed E-state index contributed by atoms with van der Waals surface area (Å²) in [5, 5.41) is 87.0. The molecule has 0 bridgehead atoms. The van der Waals surface area contributed by atoms with E-state index in [2.05, 4.69) is 43.5 Å². The highest BCUT2D eigenvalue weighted by Gasteiger charge is 2.51. The van der Waals surface area contributed by atoms with E-state index in [9.17, 15) is 45.6 Å². The van der Waals surface area contributed by atoms with Gasteiger partial charge >= 0.3 is 0 Å². The molecule has 2 heterocycles. The molecule has 2 rings (SSSR count). The first-order valence-electron chi connectivity index (χ1n) is 29.2. The second-order valence-corrected chi connectivity index (χ2v) is 20.8. The number of carbonyl (C=O) groups is 1. The average Bonchev–Trinajstić information content (AvgIpc) is 3.38. The van der Waals surface area contributed by atoms with Gasteiger partial charge in [-0.25, -0.2) is 0 Å². The zero-order chi connectivity index (χ0) is 52.4. The van der Waals surface area contributed by atoms with Gasteiger partial charge in [-0.15, -0.1) is 0 Å². The van der Waals surface area contributed by atoms with E-state index in [4.69, 9.17) is 18.9 Å². The van der Waals surface area contributed by atoms with Gasteiger partial charge in [-0.3, -0.25) is 4.79 Å². The molecule has 0 aromatic carbocycles. The van der Waals surface area contributed by atoms with Gasteiger partial charge in [-0.2, -0.15) is 0 Å². The van der Waals surface area contributed by atoms with Crippen LogP contribution in [-0.4, -0.2) is 140 Å². The lowest BCUT2D eigenvalue weighted by Gasteiger charge is -2.46. The molecule has 2 fully saturated rings. The Kier molecular flexibility index (Phi) is 40.9. The third-order valence-corrected chi connectivity index (χ3v) is 14.3. The molecular weight excluding hydrogens is 919 g/mol. The Bertz CT molecular complexity index is 1350. The molecule has 9 N–H and O–H groups in total. The lowest BCUT2D eigenvalue weighted by atomic mass is 9.97. The molecule has 0 aromatic rings. The number of aliphatic hydroxyl groups is 8. The molecule has 0 aromatic heterocycles. The Morgan fingerprint density at radius 3 is 1.36 bits per heavy atom. The Labute approximate surface area is 436 Å². The highest BCUT2D eigenvalue weighted by molar-refractivity contribution is 5.76. The first-order chi connectivity index (χ1) is 35.1. The number of nitrogens with one attached hydrogen (secondary N) is 1. The van der Waals surface area contributed by atoms with Crippen LogP contribution in [0.2, 0.25) is 0 Å². The molecule has 14 nitrogen and oxygen atoms in total. The summed E-state index contributed by atoms with van der Waals surface area (Å²) in [5.74, 6) is -0.257. The van der Waals surface area contributed by atoms with Crippen LogP contribution in [0.3, 0.4) is 0 Å². The van der Waals surface area contributed by atoms with E-state index in [0.29, 0.717) is 12.8 Å². The minimum atomic E-state index is -1.79. The van der Waals surface area contributed by atoms with Gasteiger partial charge in [0.15, 0.2) is 12.6 Å². The number of rotatable bonds is 46. The van der Waals surface area contributed by atoms with E-state index in [0.717, 1.165) is 51.4 Å². The van der Waals surface area contributed by atoms with E-state index in [-0.39, 0.29) is 18.9 Å². The zero-order valence-corrected chi connectivity index (χ0v) is 45.2. The van der Waals surface area contributed by atoms with Gasteiger partial charge in [0.2, 0.25) is 5.91 Å². The van der Waals surface area contributed by atoms with Crippen molar-refractivity contribution < 1.29 is 64.6 Å². The normalized spacial score (nSPS) is 25.8. The van der Waals surface area contributed by atoms with Crippen molar-refractivity contribution in [2.45, 2.75) is 306 Å². The predicted molar refractivity (Wildman–Crippen MR) is 286 cm³/mol. The number of allylic oxidation sites excluding steroid dienone is 5. The molecule has 0 radical (unpaired) electrons. The summed E-state index contributed by atoms with van der Waals surface area (Å²) in [7, 11) is 0. The van der Waals surface area contributed by atoms with Crippen LogP contribution >= 0.6 is 0 Å². The summed E-state index contributed by atoms with van der Waals surface area (Å²) in [6, 6.07) is -0.934. The third-order valence-electron chi connectivity index (χ3n) is 14.3. The monoisotopic (exact) mass is 1030 g/mol. The van der Waals surface area contributed by atoms with Crippen molar-refractivity contribution in [3.63, 3.8) is 0 Å². The molecule has 0 spiro atoms. The van der Waals surface area contributed by atoms with E-state index < -0.39 is 86.8 Å². The van der Waals surface area contributed by atoms with E-state index in [1.54, 1.807) is 6.08 Å². The maximum atomic E-state index is 13.2. The van der Waals surface area contributed by atoms with Gasteiger partial charge in [0.25, 0.3) is 0 Å². The number of hydrogen-bond acceptors (Lipinski definition) is 13. The molecule has 1 amide bonds. The Morgan fingerprint density at radius 2 is 0.889 bits per heavy atom. The molecule has 12 unspecified atom stereocenters. The van der Waals surface area contributed by atoms with Crippen molar-refractivity contribution in [2.75, 3.05) is 19.8 Å². The smallest absolute Gasteiger partial charge is 0.220 e. The lowest BCUT2D eigenvalue weighted by molar-refractivity contribution is -0.359. The van der Waals surface area contributed by atoms with Gasteiger partial charge in [0.1, 0.15) is 48.8 Å². The molecule has 2 aliphatic heterocycles. The standard InChI is InChI=1S/C58H107NO13/c1-3-5-7-9-11-13-15-17-19-20-21-22-23-24-25-26-28-29-31-33-35-37-39-41-47(62)46(59-50(63)42-40-38-36-34-32-30-27-18-16-14-12-10-8-6-4-2)45-69-57-55(68)53(66)56(49(44-61)71-57)72-58-54(67)52(65)51(64)48(43-60)70-58/h18,27,31,33,39,41,46-49,51-58,60-62,64-68H,3-17,19-26,28-30,32,34-38,40,42-45H2,1-2H3,(H,59,63)/b27-18-,33-31+,41-39+. The lowest BCUT2D eigenvalue weighted by Crippen LogP contribution is -2.65. The van der Waals surface area contributed by atoms with Crippen LogP contribution in [0.5, 0.6) is 0 Å². The van der Waals surface area contributed by atoms with Crippen LogP contribution in [0.15, 0.2) is 36.5 Å². The summed E-state index contributed by atoms with van der Waals surface area (Å²) >= 11 is 0. The van der Waals surface area contributed by atoms with Crippen molar-refractivity contribution in [2.24, 2.45) is 0 Å². The van der Waals surface area contributed by atoms with E-state index >= 15 is 0 Å². The van der Waals surface area contributed by atoms with Crippen LogP contribution in [0.1, 0.15) is 232 Å². The SMILES string of the molecule is CCCCCCCC/C=C\CCCCCCCC(=O)NC(COC1OC(CO)C(OC2OC(CO)C(O)C(O)C2O)C(O)C1O)C(O)/C=C/CC/C=C/CCCCCCCCCCCCCCCCCCC. The van der Waals surface area contributed by atoms with Crippen molar-refractivity contribution in [3.05, 3.63) is 36.5 Å². The van der Waals surface area contributed by atoms with Gasteiger partial charge < -0.3 is 65.1 Å². The van der Waals surface area contributed by atoms with Crippen molar-refractivity contribution in [3.8, 4) is 0 Å². The Morgan fingerprint density at radius 1 is 0.486 bits per heavy atom. The molecule has 2 saturated heterocycles. The zero-order valence-electron chi connectivity index (χ0n) is 45.2. The van der Waals surface area contributed by atoms with Crippen LogP contribution < -0.4 is 5.32 Å². The van der Waals surface area contributed by atoms with Gasteiger partial charge in [0, 0.05) is 6.42 Å². The molecular formula is C58H107NO13. The molecule has 72 heavy (non-hydrogen) atoms. The maximum absolute atomic E-state index is 13.2. The Balaban J connectivity index is 1.79. The van der Waals surface area contributed by atoms with E-state index in [1.165, 1.54) is 148 Å². The second kappa shape index (κ2) is 44.3. The van der Waals surface area contributed by atoms with Gasteiger partial charge in [-0.05, 0) is 57.8 Å². The Hall–Kier alpha value is -1.79. The summed E-state index contributed by atoms with van der Waals surface area (Å²) in [4.78, 5) is 13.2. The summed E-state index contributed by atoms with van der Waals surface area (Å²) in [5.41, 5.74) is 0. The number of hydrogen-bond donors (Lipinski definition) is 9. The molecule has 0 saturated carbocycles. The summed E-state index contributed by atoms with van der Waals surface area (Å²) in [6.07, 6.45) is 36.2. The molecule has 422 valence electrons. The maximum Gasteiger partial charge on any atom is 0.220 e.